The number of hydrogen-bond acceptors (Lipinski definition) is 2. The van der Waals surface area contributed by atoms with E-state index in [1.54, 1.807) is 0 Å². The van der Waals surface area contributed by atoms with E-state index in [4.69, 9.17) is 16.3 Å². The zero-order valence-corrected chi connectivity index (χ0v) is 15.2. The highest BCUT2D eigenvalue weighted by Crippen LogP contribution is 2.10. The largest absolute Gasteiger partial charge is 0.382 e. The van der Waals surface area contributed by atoms with Crippen LogP contribution in [0.2, 0.25) is 5.02 Å². The number of halogens is 1. The summed E-state index contributed by atoms with van der Waals surface area (Å²) in [5.41, 5.74) is 1.30. The third kappa shape index (κ3) is 10.2. The lowest BCUT2D eigenvalue weighted by molar-refractivity contribution is 0.143. The molecule has 2 N–H and O–H groups in total. The second-order valence-corrected chi connectivity index (χ2v) is 5.76. The highest BCUT2D eigenvalue weighted by Gasteiger charge is 1.97. The van der Waals surface area contributed by atoms with Crippen molar-refractivity contribution in [2.24, 2.45) is 4.99 Å². The summed E-state index contributed by atoms with van der Waals surface area (Å²) in [6.45, 7) is 8.37. The molecule has 1 aromatic rings. The normalized spacial score (nSPS) is 11.5. The van der Waals surface area contributed by atoms with Crippen LogP contribution in [0.25, 0.3) is 0 Å². The van der Waals surface area contributed by atoms with Crippen LogP contribution in [-0.2, 0) is 11.2 Å². The Morgan fingerprint density at radius 3 is 2.57 bits per heavy atom. The fraction of sp³-hybridized carbons (Fsp3) is 0.611. The van der Waals surface area contributed by atoms with Crippen LogP contribution in [0.1, 0.15) is 38.7 Å². The predicted molar refractivity (Wildman–Crippen MR) is 99.5 cm³/mol. The van der Waals surface area contributed by atoms with Gasteiger partial charge >= 0.3 is 0 Å². The van der Waals surface area contributed by atoms with E-state index in [9.17, 15) is 0 Å². The molecule has 0 amide bonds. The zero-order chi connectivity index (χ0) is 16.8. The van der Waals surface area contributed by atoms with Crippen molar-refractivity contribution in [1.82, 2.24) is 10.6 Å². The Bertz CT molecular complexity index is 434. The van der Waals surface area contributed by atoms with Crippen molar-refractivity contribution in [1.29, 1.82) is 0 Å². The summed E-state index contributed by atoms with van der Waals surface area (Å²) in [5.74, 6) is 0.903. The Balaban J connectivity index is 2.21. The highest BCUT2D eigenvalue weighted by molar-refractivity contribution is 6.30. The Hall–Kier alpha value is -1.26. The average molecular weight is 340 g/mol. The smallest absolute Gasteiger partial charge is 0.191 e. The van der Waals surface area contributed by atoms with Gasteiger partial charge in [0.25, 0.3) is 0 Å². The Kier molecular flexibility index (Phi) is 11.4. The second kappa shape index (κ2) is 13.2. The van der Waals surface area contributed by atoms with Gasteiger partial charge in [-0.15, -0.1) is 0 Å². The number of ether oxygens (including phenoxy) is 1. The lowest BCUT2D eigenvalue weighted by Gasteiger charge is -2.11. The number of aryl methyl sites for hydroxylation is 1. The maximum Gasteiger partial charge on any atom is 0.191 e. The number of guanidine groups is 1. The van der Waals surface area contributed by atoms with Gasteiger partial charge < -0.3 is 15.4 Å². The topological polar surface area (TPSA) is 45.7 Å². The molecule has 0 radical (unpaired) electrons. The van der Waals surface area contributed by atoms with Crippen LogP contribution in [-0.4, -0.2) is 38.8 Å². The summed E-state index contributed by atoms with van der Waals surface area (Å²) < 4.78 is 5.33. The van der Waals surface area contributed by atoms with E-state index in [0.717, 1.165) is 69.5 Å². The number of hydrogen-bond donors (Lipinski definition) is 2. The van der Waals surface area contributed by atoms with Gasteiger partial charge in [-0.2, -0.15) is 0 Å². The van der Waals surface area contributed by atoms with Crippen molar-refractivity contribution in [3.8, 4) is 0 Å². The number of aliphatic imine (C=N–C) groups is 1. The Labute approximate surface area is 145 Å². The van der Waals surface area contributed by atoms with Crippen LogP contribution >= 0.6 is 11.6 Å². The summed E-state index contributed by atoms with van der Waals surface area (Å²) in [4.78, 5) is 4.62. The molecule has 0 aliphatic heterocycles. The van der Waals surface area contributed by atoms with Crippen molar-refractivity contribution >= 4 is 17.6 Å². The maximum absolute atomic E-state index is 5.89. The number of nitrogens with one attached hydrogen (secondary N) is 2. The number of rotatable bonds is 11. The van der Waals surface area contributed by atoms with Crippen LogP contribution < -0.4 is 10.6 Å². The van der Waals surface area contributed by atoms with Crippen molar-refractivity contribution in [2.75, 3.05) is 32.8 Å². The Morgan fingerprint density at radius 2 is 1.87 bits per heavy atom. The van der Waals surface area contributed by atoms with Crippen LogP contribution in [0.5, 0.6) is 0 Å². The van der Waals surface area contributed by atoms with Gasteiger partial charge in [0.15, 0.2) is 5.96 Å². The predicted octanol–water partition coefficient (Wildman–Crippen LogP) is 3.64. The minimum absolute atomic E-state index is 0.787. The molecule has 1 aromatic carbocycles. The maximum atomic E-state index is 5.89. The molecule has 0 saturated carbocycles. The zero-order valence-electron chi connectivity index (χ0n) is 14.4. The van der Waals surface area contributed by atoms with Gasteiger partial charge in [0.2, 0.25) is 0 Å². The first kappa shape index (κ1) is 19.8. The fourth-order valence-electron chi connectivity index (χ4n) is 2.15. The molecule has 23 heavy (non-hydrogen) atoms. The first-order valence-corrected chi connectivity index (χ1v) is 8.98. The summed E-state index contributed by atoms with van der Waals surface area (Å²) in [6.07, 6.45) is 4.23. The third-order valence-corrected chi connectivity index (χ3v) is 3.61. The minimum Gasteiger partial charge on any atom is -0.382 e. The third-order valence-electron chi connectivity index (χ3n) is 3.36. The molecule has 0 bridgehead atoms. The van der Waals surface area contributed by atoms with Gasteiger partial charge in [-0.1, -0.05) is 23.7 Å². The van der Waals surface area contributed by atoms with Gasteiger partial charge in [0, 0.05) is 37.9 Å². The van der Waals surface area contributed by atoms with Gasteiger partial charge in [0.05, 0.1) is 0 Å². The summed E-state index contributed by atoms with van der Waals surface area (Å²) in [5, 5.41) is 7.44. The summed E-state index contributed by atoms with van der Waals surface area (Å²) in [7, 11) is 0. The van der Waals surface area contributed by atoms with Crippen molar-refractivity contribution in [3.63, 3.8) is 0 Å². The molecule has 0 spiro atoms. The van der Waals surface area contributed by atoms with E-state index in [1.165, 1.54) is 5.56 Å². The molecule has 130 valence electrons. The number of benzene rings is 1. The molecule has 1 rings (SSSR count). The van der Waals surface area contributed by atoms with Crippen LogP contribution in [0.4, 0.5) is 0 Å². The lowest BCUT2D eigenvalue weighted by atomic mass is 10.1. The molecule has 0 atom stereocenters. The first-order chi connectivity index (χ1) is 11.3. The number of nitrogens with zero attached hydrogens (tertiary/aromatic N) is 1. The molecule has 0 aliphatic carbocycles. The second-order valence-electron chi connectivity index (χ2n) is 5.32. The molecule has 4 nitrogen and oxygen atoms in total. The summed E-state index contributed by atoms with van der Waals surface area (Å²) >= 11 is 5.89. The van der Waals surface area contributed by atoms with Crippen LogP contribution in [0.15, 0.2) is 29.3 Å². The van der Waals surface area contributed by atoms with E-state index in [0.29, 0.717) is 0 Å². The molecule has 5 heteroatoms. The molecular formula is C18H30ClN3O. The van der Waals surface area contributed by atoms with E-state index >= 15 is 0 Å². The fourth-order valence-corrected chi connectivity index (χ4v) is 2.27. The standard InChI is InChI=1S/C18H30ClN3O/c1-3-20-18(21-13-5-6-15-23-4-2)22-14-7-8-16-9-11-17(19)12-10-16/h9-12H,3-8,13-15H2,1-2H3,(H2,20,21,22). The summed E-state index contributed by atoms with van der Waals surface area (Å²) in [6, 6.07) is 8.03. The molecular weight excluding hydrogens is 310 g/mol. The molecule has 0 aromatic heterocycles. The Morgan fingerprint density at radius 1 is 1.09 bits per heavy atom. The van der Waals surface area contributed by atoms with Gasteiger partial charge in [-0.3, -0.25) is 4.99 Å². The van der Waals surface area contributed by atoms with E-state index < -0.39 is 0 Å². The lowest BCUT2D eigenvalue weighted by Crippen LogP contribution is -2.38. The average Bonchev–Trinajstić information content (AvgIpc) is 2.56. The molecule has 0 fully saturated rings. The van der Waals surface area contributed by atoms with Gasteiger partial charge in [-0.05, 0) is 57.2 Å². The first-order valence-electron chi connectivity index (χ1n) is 8.60. The van der Waals surface area contributed by atoms with Gasteiger partial charge in [0.1, 0.15) is 0 Å². The molecule has 0 unspecified atom stereocenters. The van der Waals surface area contributed by atoms with E-state index in [-0.39, 0.29) is 0 Å². The van der Waals surface area contributed by atoms with Crippen LogP contribution in [0, 0.1) is 0 Å². The SMILES string of the molecule is CCNC(=NCCCc1ccc(Cl)cc1)NCCCCOCC. The van der Waals surface area contributed by atoms with Gasteiger partial charge in [-0.25, -0.2) is 0 Å². The quantitative estimate of drug-likeness (QED) is 0.367. The monoisotopic (exact) mass is 339 g/mol. The minimum atomic E-state index is 0.787. The van der Waals surface area contributed by atoms with Crippen molar-refractivity contribution in [2.45, 2.75) is 39.5 Å². The molecule has 0 aliphatic rings. The van der Waals surface area contributed by atoms with Crippen molar-refractivity contribution in [3.05, 3.63) is 34.9 Å². The van der Waals surface area contributed by atoms with Crippen LogP contribution in [0.3, 0.4) is 0 Å². The van der Waals surface area contributed by atoms with Crippen molar-refractivity contribution < 1.29 is 4.74 Å². The van der Waals surface area contributed by atoms with E-state index in [1.807, 2.05) is 19.1 Å². The number of unbranched alkanes of at least 4 members (excludes halogenated alkanes) is 1. The van der Waals surface area contributed by atoms with E-state index in [2.05, 4.69) is 34.7 Å². The molecule has 0 heterocycles. The highest BCUT2D eigenvalue weighted by atomic mass is 35.5. The molecule has 0 saturated heterocycles.